The third kappa shape index (κ3) is 3.97. The molecule has 3 atom stereocenters. The molecule has 1 heterocycles. The van der Waals surface area contributed by atoms with Crippen LogP contribution < -0.4 is 5.73 Å². The Morgan fingerprint density at radius 1 is 1.40 bits per heavy atom. The van der Waals surface area contributed by atoms with Crippen molar-refractivity contribution in [2.45, 2.75) is 51.1 Å². The van der Waals surface area contributed by atoms with E-state index in [2.05, 4.69) is 31.2 Å². The number of rotatable bonds is 4. The first-order chi connectivity index (χ1) is 9.09. The van der Waals surface area contributed by atoms with Crippen molar-refractivity contribution in [1.29, 1.82) is 0 Å². The summed E-state index contributed by atoms with van der Waals surface area (Å²) in [5, 5.41) is 0. The van der Waals surface area contributed by atoms with Gasteiger partial charge in [0.15, 0.2) is 0 Å². The molecule has 1 aromatic carbocycles. The van der Waals surface area contributed by atoms with E-state index >= 15 is 0 Å². The lowest BCUT2D eigenvalue weighted by atomic mass is 9.93. The minimum Gasteiger partial charge on any atom is -0.339 e. The fourth-order valence-electron chi connectivity index (χ4n) is 2.93. The summed E-state index contributed by atoms with van der Waals surface area (Å²) in [6.07, 6.45) is 2.41. The van der Waals surface area contributed by atoms with E-state index in [4.69, 9.17) is 5.73 Å². The van der Waals surface area contributed by atoms with Crippen molar-refractivity contribution >= 4 is 18.3 Å². The van der Waals surface area contributed by atoms with Crippen LogP contribution in [0.25, 0.3) is 0 Å². The highest BCUT2D eigenvalue weighted by molar-refractivity contribution is 5.85. The van der Waals surface area contributed by atoms with Crippen LogP contribution in [0.4, 0.5) is 0 Å². The Bertz CT molecular complexity index is 422. The first-order valence-corrected chi connectivity index (χ1v) is 7.19. The molecule has 2 N–H and O–H groups in total. The standard InChI is InChI=1S/C16H24N2O.ClH/c1-12(17)8-9-16(19)18-11-10-15(13(18)2)14-6-4-3-5-7-14;/h3-7,12-13,15H,8-11,17H2,1-2H3;1H. The third-order valence-corrected chi connectivity index (χ3v) is 4.12. The molecule has 112 valence electrons. The van der Waals surface area contributed by atoms with E-state index in [1.807, 2.05) is 17.9 Å². The van der Waals surface area contributed by atoms with Crippen molar-refractivity contribution in [3.63, 3.8) is 0 Å². The van der Waals surface area contributed by atoms with E-state index < -0.39 is 0 Å². The Balaban J connectivity index is 0.00000200. The number of carbonyl (C=O) groups is 1. The zero-order valence-corrected chi connectivity index (χ0v) is 13.1. The van der Waals surface area contributed by atoms with Crippen LogP contribution in [0.2, 0.25) is 0 Å². The van der Waals surface area contributed by atoms with Crippen molar-refractivity contribution in [1.82, 2.24) is 4.90 Å². The van der Waals surface area contributed by atoms with Gasteiger partial charge in [-0.2, -0.15) is 0 Å². The molecular formula is C16H25ClN2O. The molecule has 1 amide bonds. The maximum absolute atomic E-state index is 12.2. The lowest BCUT2D eigenvalue weighted by Gasteiger charge is -2.25. The summed E-state index contributed by atoms with van der Waals surface area (Å²) in [5.41, 5.74) is 7.07. The molecule has 4 heteroatoms. The average Bonchev–Trinajstić information content (AvgIpc) is 2.79. The normalized spacial score (nSPS) is 23.2. The van der Waals surface area contributed by atoms with E-state index in [1.54, 1.807) is 0 Å². The van der Waals surface area contributed by atoms with Crippen LogP contribution in [0.5, 0.6) is 0 Å². The van der Waals surface area contributed by atoms with Gasteiger partial charge in [0.1, 0.15) is 0 Å². The molecule has 1 fully saturated rings. The van der Waals surface area contributed by atoms with Crippen LogP contribution in [0.1, 0.15) is 44.6 Å². The van der Waals surface area contributed by atoms with Gasteiger partial charge in [0, 0.05) is 31.0 Å². The van der Waals surface area contributed by atoms with Gasteiger partial charge >= 0.3 is 0 Å². The summed E-state index contributed by atoms with van der Waals surface area (Å²) >= 11 is 0. The Hall–Kier alpha value is -1.06. The fourth-order valence-corrected chi connectivity index (χ4v) is 2.93. The second kappa shape index (κ2) is 7.65. The molecule has 0 aromatic heterocycles. The maximum Gasteiger partial charge on any atom is 0.222 e. The van der Waals surface area contributed by atoms with Crippen LogP contribution in [-0.4, -0.2) is 29.4 Å². The highest BCUT2D eigenvalue weighted by Gasteiger charge is 2.34. The van der Waals surface area contributed by atoms with Gasteiger partial charge in [-0.15, -0.1) is 12.4 Å². The summed E-state index contributed by atoms with van der Waals surface area (Å²) < 4.78 is 0. The molecule has 0 radical (unpaired) electrons. The molecule has 1 aliphatic rings. The summed E-state index contributed by atoms with van der Waals surface area (Å²) in [6.45, 7) is 4.99. The van der Waals surface area contributed by atoms with Gasteiger partial charge in [-0.1, -0.05) is 30.3 Å². The molecule has 1 aromatic rings. The summed E-state index contributed by atoms with van der Waals surface area (Å²) in [5.74, 6) is 0.726. The zero-order chi connectivity index (χ0) is 13.8. The topological polar surface area (TPSA) is 46.3 Å². The van der Waals surface area contributed by atoms with Gasteiger partial charge in [-0.3, -0.25) is 4.79 Å². The summed E-state index contributed by atoms with van der Waals surface area (Å²) in [4.78, 5) is 14.2. The average molecular weight is 297 g/mol. The largest absolute Gasteiger partial charge is 0.339 e. The van der Waals surface area contributed by atoms with E-state index in [9.17, 15) is 4.79 Å². The number of nitrogens with two attached hydrogens (primary N) is 1. The highest BCUT2D eigenvalue weighted by atomic mass is 35.5. The van der Waals surface area contributed by atoms with Crippen molar-refractivity contribution in [2.24, 2.45) is 5.73 Å². The Labute approximate surface area is 127 Å². The van der Waals surface area contributed by atoms with Gasteiger partial charge < -0.3 is 10.6 Å². The molecule has 1 aliphatic heterocycles. The van der Waals surface area contributed by atoms with Crippen LogP contribution in [-0.2, 0) is 4.79 Å². The predicted molar refractivity (Wildman–Crippen MR) is 85.1 cm³/mol. The second-order valence-electron chi connectivity index (χ2n) is 5.65. The van der Waals surface area contributed by atoms with Crippen LogP contribution in [0.15, 0.2) is 30.3 Å². The molecule has 0 bridgehead atoms. The van der Waals surface area contributed by atoms with E-state index in [0.717, 1.165) is 19.4 Å². The van der Waals surface area contributed by atoms with Gasteiger partial charge in [-0.25, -0.2) is 0 Å². The fraction of sp³-hybridized carbons (Fsp3) is 0.562. The number of carbonyl (C=O) groups excluding carboxylic acids is 1. The number of halogens is 1. The molecule has 2 rings (SSSR count). The zero-order valence-electron chi connectivity index (χ0n) is 12.3. The van der Waals surface area contributed by atoms with Gasteiger partial charge in [-0.05, 0) is 32.3 Å². The third-order valence-electron chi connectivity index (χ3n) is 4.12. The number of hydrogen-bond acceptors (Lipinski definition) is 2. The minimum atomic E-state index is 0. The van der Waals surface area contributed by atoms with E-state index in [1.165, 1.54) is 5.56 Å². The van der Waals surface area contributed by atoms with Crippen molar-refractivity contribution in [3.05, 3.63) is 35.9 Å². The lowest BCUT2D eigenvalue weighted by molar-refractivity contribution is -0.132. The quantitative estimate of drug-likeness (QED) is 0.928. The number of nitrogens with zero attached hydrogens (tertiary/aromatic N) is 1. The molecule has 0 aliphatic carbocycles. The monoisotopic (exact) mass is 296 g/mol. The first-order valence-electron chi connectivity index (χ1n) is 7.19. The number of benzene rings is 1. The highest BCUT2D eigenvalue weighted by Crippen LogP contribution is 2.33. The number of likely N-dealkylation sites (tertiary alicyclic amines) is 1. The maximum atomic E-state index is 12.2. The van der Waals surface area contributed by atoms with Gasteiger partial charge in [0.05, 0.1) is 0 Å². The number of amides is 1. The van der Waals surface area contributed by atoms with Gasteiger partial charge in [0.2, 0.25) is 5.91 Å². The summed E-state index contributed by atoms with van der Waals surface area (Å²) in [7, 11) is 0. The molecule has 3 unspecified atom stereocenters. The SMILES string of the molecule is CC(N)CCC(=O)N1CCC(c2ccccc2)C1C.Cl. The first kappa shape index (κ1) is 17.0. The molecule has 0 saturated carbocycles. The molecule has 1 saturated heterocycles. The number of hydrogen-bond donors (Lipinski definition) is 1. The Morgan fingerprint density at radius 3 is 2.65 bits per heavy atom. The van der Waals surface area contributed by atoms with E-state index in [0.29, 0.717) is 18.4 Å². The predicted octanol–water partition coefficient (Wildman–Crippen LogP) is 2.94. The Kier molecular flexibility index (Phi) is 6.50. The summed E-state index contributed by atoms with van der Waals surface area (Å²) in [6, 6.07) is 10.9. The second-order valence-corrected chi connectivity index (χ2v) is 5.65. The van der Waals surface area contributed by atoms with Crippen molar-refractivity contribution in [3.8, 4) is 0 Å². The molecule has 0 spiro atoms. The molecule has 3 nitrogen and oxygen atoms in total. The van der Waals surface area contributed by atoms with Crippen LogP contribution >= 0.6 is 12.4 Å². The van der Waals surface area contributed by atoms with Crippen molar-refractivity contribution < 1.29 is 4.79 Å². The van der Waals surface area contributed by atoms with Crippen LogP contribution in [0.3, 0.4) is 0 Å². The lowest BCUT2D eigenvalue weighted by Crippen LogP contribution is -2.36. The van der Waals surface area contributed by atoms with E-state index in [-0.39, 0.29) is 24.4 Å². The van der Waals surface area contributed by atoms with Crippen molar-refractivity contribution in [2.75, 3.05) is 6.54 Å². The molecular weight excluding hydrogens is 272 g/mol. The molecule has 20 heavy (non-hydrogen) atoms. The van der Waals surface area contributed by atoms with Crippen LogP contribution in [0, 0.1) is 0 Å². The van der Waals surface area contributed by atoms with Gasteiger partial charge in [0.25, 0.3) is 0 Å². The Morgan fingerprint density at radius 2 is 2.05 bits per heavy atom. The smallest absolute Gasteiger partial charge is 0.222 e. The minimum absolute atomic E-state index is 0.